The Balaban J connectivity index is 2.94. The summed E-state index contributed by atoms with van der Waals surface area (Å²) in [4.78, 5) is 0. The van der Waals surface area contributed by atoms with Gasteiger partial charge in [-0.25, -0.2) is 0 Å². The van der Waals surface area contributed by atoms with E-state index in [0.29, 0.717) is 11.3 Å². The van der Waals surface area contributed by atoms with E-state index >= 15 is 0 Å². The maximum absolute atomic E-state index is 8.83. The van der Waals surface area contributed by atoms with E-state index in [2.05, 4.69) is 18.7 Å². The SMILES string of the molecule is N#Cc1ccc(N)c2cc(S)sc12. The molecule has 0 aliphatic rings. The third kappa shape index (κ3) is 1.26. The molecule has 1 heterocycles. The first kappa shape index (κ1) is 8.42. The molecule has 0 saturated carbocycles. The van der Waals surface area contributed by atoms with Gasteiger partial charge < -0.3 is 5.73 Å². The lowest BCUT2D eigenvalue weighted by atomic mass is 10.1. The highest BCUT2D eigenvalue weighted by molar-refractivity contribution is 7.83. The third-order valence-corrected chi connectivity index (χ3v) is 3.20. The number of thiol groups is 1. The Hall–Kier alpha value is -1.18. The average molecular weight is 206 g/mol. The predicted octanol–water partition coefficient (Wildman–Crippen LogP) is 2.64. The third-order valence-electron chi connectivity index (χ3n) is 1.82. The van der Waals surface area contributed by atoms with E-state index in [-0.39, 0.29) is 0 Å². The molecule has 1 aromatic heterocycles. The van der Waals surface area contributed by atoms with Gasteiger partial charge in [0.1, 0.15) is 6.07 Å². The highest BCUT2D eigenvalue weighted by Crippen LogP contribution is 2.34. The van der Waals surface area contributed by atoms with Gasteiger partial charge in [0.05, 0.1) is 14.5 Å². The zero-order chi connectivity index (χ0) is 9.42. The molecular weight excluding hydrogens is 200 g/mol. The minimum Gasteiger partial charge on any atom is -0.398 e. The summed E-state index contributed by atoms with van der Waals surface area (Å²) >= 11 is 5.71. The minimum atomic E-state index is 0.662. The monoisotopic (exact) mass is 206 g/mol. The van der Waals surface area contributed by atoms with Crippen LogP contribution in [0.15, 0.2) is 22.4 Å². The van der Waals surface area contributed by atoms with Crippen molar-refractivity contribution in [2.75, 3.05) is 5.73 Å². The second kappa shape index (κ2) is 2.95. The normalized spacial score (nSPS) is 10.2. The first-order valence-corrected chi connectivity index (χ1v) is 4.90. The van der Waals surface area contributed by atoms with Gasteiger partial charge in [-0.1, -0.05) is 0 Å². The maximum Gasteiger partial charge on any atom is 0.101 e. The fourth-order valence-electron chi connectivity index (χ4n) is 1.22. The van der Waals surface area contributed by atoms with Gasteiger partial charge in [-0.2, -0.15) is 5.26 Å². The van der Waals surface area contributed by atoms with Crippen molar-refractivity contribution in [1.82, 2.24) is 0 Å². The molecule has 1 aromatic carbocycles. The number of rotatable bonds is 0. The number of hydrogen-bond donors (Lipinski definition) is 2. The molecule has 0 saturated heterocycles. The minimum absolute atomic E-state index is 0.662. The molecule has 0 spiro atoms. The van der Waals surface area contributed by atoms with Crippen molar-refractivity contribution >= 4 is 39.7 Å². The smallest absolute Gasteiger partial charge is 0.101 e. The lowest BCUT2D eigenvalue weighted by Crippen LogP contribution is -1.85. The molecule has 0 fully saturated rings. The second-order valence-electron chi connectivity index (χ2n) is 2.64. The van der Waals surface area contributed by atoms with Crippen molar-refractivity contribution in [3.63, 3.8) is 0 Å². The Kier molecular flexibility index (Phi) is 1.91. The summed E-state index contributed by atoms with van der Waals surface area (Å²) in [6.07, 6.45) is 0. The molecule has 0 atom stereocenters. The number of anilines is 1. The first-order chi connectivity index (χ1) is 6.22. The van der Waals surface area contributed by atoms with E-state index in [1.807, 2.05) is 6.07 Å². The quantitative estimate of drug-likeness (QED) is 0.514. The number of thiophene rings is 1. The average Bonchev–Trinajstić information content (AvgIpc) is 2.48. The topological polar surface area (TPSA) is 49.8 Å². The van der Waals surface area contributed by atoms with Gasteiger partial charge in [-0.15, -0.1) is 24.0 Å². The van der Waals surface area contributed by atoms with Gasteiger partial charge in [-0.3, -0.25) is 0 Å². The lowest BCUT2D eigenvalue weighted by Gasteiger charge is -1.95. The molecule has 13 heavy (non-hydrogen) atoms. The first-order valence-electron chi connectivity index (χ1n) is 3.63. The zero-order valence-corrected chi connectivity index (χ0v) is 8.32. The highest BCUT2D eigenvalue weighted by Gasteiger charge is 2.06. The molecular formula is C9H6N2S2. The molecule has 0 bridgehead atoms. The molecule has 2 rings (SSSR count). The van der Waals surface area contributed by atoms with Crippen LogP contribution in [0.4, 0.5) is 5.69 Å². The maximum atomic E-state index is 8.83. The fourth-order valence-corrected chi connectivity index (χ4v) is 2.52. The van der Waals surface area contributed by atoms with Crippen LogP contribution in [0.5, 0.6) is 0 Å². The number of fused-ring (bicyclic) bond motifs is 1. The highest BCUT2D eigenvalue weighted by atomic mass is 32.2. The van der Waals surface area contributed by atoms with E-state index < -0.39 is 0 Å². The van der Waals surface area contributed by atoms with Crippen LogP contribution in [0, 0.1) is 11.3 Å². The van der Waals surface area contributed by atoms with Gasteiger partial charge in [-0.05, 0) is 18.2 Å². The molecule has 4 heteroatoms. The summed E-state index contributed by atoms with van der Waals surface area (Å²) in [6, 6.07) is 7.51. The summed E-state index contributed by atoms with van der Waals surface area (Å²) < 4.78 is 1.80. The summed E-state index contributed by atoms with van der Waals surface area (Å²) in [7, 11) is 0. The fraction of sp³-hybridized carbons (Fsp3) is 0. The number of nitrogens with zero attached hydrogens (tertiary/aromatic N) is 1. The van der Waals surface area contributed by atoms with E-state index in [0.717, 1.165) is 14.3 Å². The Bertz CT molecular complexity index is 508. The number of hydrogen-bond acceptors (Lipinski definition) is 4. The van der Waals surface area contributed by atoms with Gasteiger partial charge >= 0.3 is 0 Å². The summed E-state index contributed by atoms with van der Waals surface area (Å²) in [5.41, 5.74) is 7.12. The van der Waals surface area contributed by atoms with Crippen LogP contribution in [0.1, 0.15) is 5.56 Å². The van der Waals surface area contributed by atoms with Gasteiger partial charge in [0.25, 0.3) is 0 Å². The molecule has 0 unspecified atom stereocenters. The van der Waals surface area contributed by atoms with Gasteiger partial charge in [0.15, 0.2) is 0 Å². The van der Waals surface area contributed by atoms with E-state index in [1.165, 1.54) is 11.3 Å². The van der Waals surface area contributed by atoms with Gasteiger partial charge in [0, 0.05) is 11.1 Å². The van der Waals surface area contributed by atoms with Crippen LogP contribution in [0.3, 0.4) is 0 Å². The number of nitriles is 1. The van der Waals surface area contributed by atoms with Gasteiger partial charge in [0.2, 0.25) is 0 Å². The van der Waals surface area contributed by atoms with Crippen LogP contribution in [0.2, 0.25) is 0 Å². The van der Waals surface area contributed by atoms with Crippen LogP contribution in [-0.2, 0) is 0 Å². The molecule has 64 valence electrons. The van der Waals surface area contributed by atoms with Crippen LogP contribution in [-0.4, -0.2) is 0 Å². The Labute approximate surface area is 85.0 Å². The van der Waals surface area contributed by atoms with Crippen molar-refractivity contribution in [2.24, 2.45) is 0 Å². The van der Waals surface area contributed by atoms with Crippen molar-refractivity contribution in [2.45, 2.75) is 4.21 Å². The van der Waals surface area contributed by atoms with Crippen LogP contribution >= 0.6 is 24.0 Å². The summed E-state index contributed by atoms with van der Waals surface area (Å²) in [5, 5.41) is 9.75. The molecule has 0 radical (unpaired) electrons. The van der Waals surface area contributed by atoms with E-state index in [1.54, 1.807) is 12.1 Å². The number of nitrogen functional groups attached to an aromatic ring is 1. The standard InChI is InChI=1S/C9H6N2S2/c10-4-5-1-2-7(11)6-3-8(12)13-9(5)6/h1-3,12H,11H2. The van der Waals surface area contributed by atoms with Crippen molar-refractivity contribution < 1.29 is 0 Å². The van der Waals surface area contributed by atoms with E-state index in [9.17, 15) is 0 Å². The van der Waals surface area contributed by atoms with E-state index in [4.69, 9.17) is 11.0 Å². The number of benzene rings is 1. The zero-order valence-electron chi connectivity index (χ0n) is 6.61. The molecule has 2 nitrogen and oxygen atoms in total. The Morgan fingerprint density at radius 2 is 2.23 bits per heavy atom. The molecule has 0 aliphatic carbocycles. The predicted molar refractivity (Wildman–Crippen MR) is 58.2 cm³/mol. The molecule has 0 amide bonds. The Morgan fingerprint density at radius 1 is 1.46 bits per heavy atom. The Morgan fingerprint density at radius 3 is 2.92 bits per heavy atom. The second-order valence-corrected chi connectivity index (χ2v) is 4.48. The number of nitrogens with two attached hydrogens (primary N) is 1. The van der Waals surface area contributed by atoms with Crippen LogP contribution in [0.25, 0.3) is 10.1 Å². The summed E-state index contributed by atoms with van der Waals surface area (Å²) in [5.74, 6) is 0. The van der Waals surface area contributed by atoms with Crippen LogP contribution < -0.4 is 5.73 Å². The molecule has 2 aromatic rings. The van der Waals surface area contributed by atoms with Crippen molar-refractivity contribution in [1.29, 1.82) is 5.26 Å². The van der Waals surface area contributed by atoms with Crippen molar-refractivity contribution in [3.05, 3.63) is 23.8 Å². The lowest BCUT2D eigenvalue weighted by molar-refractivity contribution is 1.51. The van der Waals surface area contributed by atoms with Crippen molar-refractivity contribution in [3.8, 4) is 6.07 Å². The molecule has 2 N–H and O–H groups in total. The largest absolute Gasteiger partial charge is 0.398 e. The summed E-state index contributed by atoms with van der Waals surface area (Å²) in [6.45, 7) is 0. The molecule has 0 aliphatic heterocycles.